The molecular formula is C19H23F3N6O. The quantitative estimate of drug-likeness (QED) is 0.615. The summed E-state index contributed by atoms with van der Waals surface area (Å²) in [7, 11) is 0. The number of halogens is 3. The Morgan fingerprint density at radius 1 is 1.28 bits per heavy atom. The summed E-state index contributed by atoms with van der Waals surface area (Å²) in [5, 5.41) is 20.8. The Kier molecular flexibility index (Phi) is 4.70. The van der Waals surface area contributed by atoms with E-state index in [4.69, 9.17) is 0 Å². The van der Waals surface area contributed by atoms with Gasteiger partial charge in [0.05, 0.1) is 11.7 Å². The first-order valence-electron chi connectivity index (χ1n) is 9.23. The van der Waals surface area contributed by atoms with E-state index < -0.39 is 23.4 Å². The Morgan fingerprint density at radius 2 is 2.07 bits per heavy atom. The summed E-state index contributed by atoms with van der Waals surface area (Å²) in [4.78, 5) is 10.3. The van der Waals surface area contributed by atoms with E-state index in [0.717, 1.165) is 6.92 Å². The lowest BCUT2D eigenvalue weighted by Gasteiger charge is -2.43. The zero-order valence-corrected chi connectivity index (χ0v) is 16.0. The van der Waals surface area contributed by atoms with Gasteiger partial charge in [0.25, 0.3) is 5.92 Å². The van der Waals surface area contributed by atoms with Gasteiger partial charge in [-0.1, -0.05) is 0 Å². The second-order valence-electron chi connectivity index (χ2n) is 7.46. The molecule has 29 heavy (non-hydrogen) atoms. The van der Waals surface area contributed by atoms with Crippen molar-refractivity contribution < 1.29 is 19.7 Å². The van der Waals surface area contributed by atoms with Crippen LogP contribution >= 0.6 is 0 Å². The van der Waals surface area contributed by atoms with Crippen LogP contribution < -0.4 is 10.2 Å². The maximum absolute atomic E-state index is 14.5. The lowest BCUT2D eigenvalue weighted by atomic mass is 9.88. The fourth-order valence-electron chi connectivity index (χ4n) is 3.45. The molecule has 1 aliphatic heterocycles. The van der Waals surface area contributed by atoms with Crippen molar-refractivity contribution in [2.75, 3.05) is 24.5 Å². The summed E-state index contributed by atoms with van der Waals surface area (Å²) in [5.74, 6) is -3.41. The summed E-state index contributed by atoms with van der Waals surface area (Å²) >= 11 is 0. The molecule has 156 valence electrons. The van der Waals surface area contributed by atoms with Crippen LogP contribution in [-0.2, 0) is 0 Å². The molecule has 0 radical (unpaired) electrons. The minimum absolute atomic E-state index is 0. The van der Waals surface area contributed by atoms with Gasteiger partial charge in [0.1, 0.15) is 17.1 Å². The monoisotopic (exact) mass is 408 g/mol. The van der Waals surface area contributed by atoms with Gasteiger partial charge < -0.3 is 15.3 Å². The van der Waals surface area contributed by atoms with Crippen LogP contribution in [0.1, 0.15) is 15.3 Å². The van der Waals surface area contributed by atoms with Crippen molar-refractivity contribution >= 4 is 16.9 Å². The number of fused-ring (bicyclic) bond motifs is 1. The van der Waals surface area contributed by atoms with Crippen molar-refractivity contribution in [3.8, 4) is 11.4 Å². The number of nitrogens with one attached hydrogen (secondary N) is 2. The zero-order chi connectivity index (χ0) is 20.8. The number of anilines is 1. The fourth-order valence-corrected chi connectivity index (χ4v) is 3.45. The van der Waals surface area contributed by atoms with E-state index >= 15 is 0 Å². The van der Waals surface area contributed by atoms with Crippen LogP contribution in [0.4, 0.5) is 19.0 Å². The number of rotatable bonds is 4. The van der Waals surface area contributed by atoms with Crippen molar-refractivity contribution in [2.45, 2.75) is 31.4 Å². The van der Waals surface area contributed by atoms with E-state index in [-0.39, 0.29) is 13.7 Å². The normalized spacial score (nSPS) is 20.1. The van der Waals surface area contributed by atoms with Crippen molar-refractivity contribution in [3.63, 3.8) is 0 Å². The number of H-pyrrole nitrogens is 1. The number of hydrogen-bond donors (Lipinski definition) is 3. The van der Waals surface area contributed by atoms with Gasteiger partial charge in [0, 0.05) is 39.6 Å². The molecule has 1 fully saturated rings. The number of nitrogens with zero attached hydrogens (tertiary/aromatic N) is 4. The number of aromatic nitrogens is 4. The van der Waals surface area contributed by atoms with Crippen molar-refractivity contribution in [2.24, 2.45) is 0 Å². The van der Waals surface area contributed by atoms with Gasteiger partial charge in [-0.15, -0.1) is 0 Å². The summed E-state index contributed by atoms with van der Waals surface area (Å²) in [6.45, 7) is 2.76. The Labute approximate surface area is 166 Å². The molecule has 4 rings (SSSR count). The summed E-state index contributed by atoms with van der Waals surface area (Å²) in [6.07, 6.45) is 1.59. The number of aliphatic hydroxyl groups is 1. The average Bonchev–Trinajstić information content (AvgIpc) is 3.11. The second kappa shape index (κ2) is 6.96. The van der Waals surface area contributed by atoms with Crippen LogP contribution in [0.25, 0.3) is 22.4 Å². The molecule has 10 heteroatoms. The highest BCUT2D eigenvalue weighted by Crippen LogP contribution is 2.33. The molecule has 1 aliphatic rings. The molecule has 0 saturated carbocycles. The van der Waals surface area contributed by atoms with Gasteiger partial charge in [0.15, 0.2) is 11.5 Å². The largest absolute Gasteiger partial charge is 0.382 e. The molecule has 3 N–H and O–H groups in total. The van der Waals surface area contributed by atoms with E-state index in [1.807, 2.05) is 0 Å². The first kappa shape index (κ1) is 19.6. The first-order valence-corrected chi connectivity index (χ1v) is 9.23. The van der Waals surface area contributed by atoms with Crippen LogP contribution in [0.15, 0.2) is 30.5 Å². The average molecular weight is 408 g/mol. The van der Waals surface area contributed by atoms with E-state index in [0.29, 0.717) is 42.6 Å². The molecule has 0 spiro atoms. The third kappa shape index (κ3) is 3.42. The predicted octanol–water partition coefficient (Wildman–Crippen LogP) is 2.59. The predicted molar refractivity (Wildman–Crippen MR) is 104 cm³/mol. The third-order valence-corrected chi connectivity index (χ3v) is 5.46. The summed E-state index contributed by atoms with van der Waals surface area (Å²) in [5.41, 5.74) is -1.34. The molecule has 3 aromatic heterocycles. The smallest absolute Gasteiger partial charge is 0.274 e. The van der Waals surface area contributed by atoms with Crippen molar-refractivity contribution in [3.05, 3.63) is 36.3 Å². The topological polar surface area (TPSA) is 90.0 Å². The van der Waals surface area contributed by atoms with Crippen LogP contribution in [0.2, 0.25) is 0 Å². The first-order chi connectivity index (χ1) is 13.7. The Morgan fingerprint density at radius 3 is 2.83 bits per heavy atom. The molecule has 1 saturated heterocycles. The molecule has 7 nitrogen and oxygen atoms in total. The van der Waals surface area contributed by atoms with E-state index in [2.05, 4.69) is 25.5 Å². The Balaban J connectivity index is 0.00000256. The van der Waals surface area contributed by atoms with Gasteiger partial charge in [-0.2, -0.15) is 5.10 Å². The van der Waals surface area contributed by atoms with Crippen LogP contribution in [0.3, 0.4) is 0 Å². The SMILES string of the molecule is CC(F)(F)C(C)(O)C1CN(c2ccc(F)c(-c3[nH]nc4ncccc34)n2)CCN1.[HH]. The molecule has 4 heterocycles. The van der Waals surface area contributed by atoms with Crippen LogP contribution in [-0.4, -0.2) is 62.5 Å². The lowest BCUT2D eigenvalue weighted by Crippen LogP contribution is -2.65. The van der Waals surface area contributed by atoms with Gasteiger partial charge in [-0.3, -0.25) is 5.10 Å². The minimum Gasteiger partial charge on any atom is -0.382 e. The van der Waals surface area contributed by atoms with E-state index in [1.54, 1.807) is 23.2 Å². The summed E-state index contributed by atoms with van der Waals surface area (Å²) in [6, 6.07) is 5.37. The summed E-state index contributed by atoms with van der Waals surface area (Å²) < 4.78 is 42.3. The Bertz CT molecular complexity index is 1040. The van der Waals surface area contributed by atoms with Gasteiger partial charge in [-0.25, -0.2) is 23.1 Å². The van der Waals surface area contributed by atoms with Gasteiger partial charge in [-0.05, 0) is 31.2 Å². The molecule has 0 bridgehead atoms. The number of piperazine rings is 1. The molecule has 0 amide bonds. The maximum atomic E-state index is 14.5. The van der Waals surface area contributed by atoms with Crippen LogP contribution in [0, 0.1) is 5.82 Å². The standard InChI is InChI=1S/C19H21F3N6O.H2/c1-18(29,19(2,21)22)13-10-28(9-8-23-13)14-6-5-12(20)16(25-14)15-11-4-3-7-24-17(11)27-26-15;/h3-7,13,23,29H,8-10H2,1-2H3,(H,24,26,27);1H. The Hall–Kier alpha value is -2.72. The number of aromatic amines is 1. The van der Waals surface area contributed by atoms with Crippen LogP contribution in [0.5, 0.6) is 0 Å². The minimum atomic E-state index is -3.29. The van der Waals surface area contributed by atoms with Gasteiger partial charge >= 0.3 is 0 Å². The van der Waals surface area contributed by atoms with Gasteiger partial charge in [0.2, 0.25) is 0 Å². The third-order valence-electron chi connectivity index (χ3n) is 5.46. The highest BCUT2D eigenvalue weighted by molar-refractivity contribution is 5.89. The molecule has 3 aromatic rings. The lowest BCUT2D eigenvalue weighted by molar-refractivity contribution is -0.174. The molecule has 2 atom stereocenters. The zero-order valence-electron chi connectivity index (χ0n) is 16.0. The molecule has 0 aromatic carbocycles. The van der Waals surface area contributed by atoms with Crippen molar-refractivity contribution in [1.82, 2.24) is 25.5 Å². The molecular weight excluding hydrogens is 385 g/mol. The van der Waals surface area contributed by atoms with E-state index in [9.17, 15) is 18.3 Å². The fraction of sp³-hybridized carbons (Fsp3) is 0.421. The number of alkyl halides is 2. The highest BCUT2D eigenvalue weighted by atomic mass is 19.3. The molecule has 0 aliphatic carbocycles. The van der Waals surface area contributed by atoms with E-state index in [1.165, 1.54) is 12.1 Å². The van der Waals surface area contributed by atoms with Crippen molar-refractivity contribution in [1.29, 1.82) is 0 Å². The molecule has 2 unspecified atom stereocenters. The highest BCUT2D eigenvalue weighted by Gasteiger charge is 2.51. The second-order valence-corrected chi connectivity index (χ2v) is 7.46. The number of pyridine rings is 2. The maximum Gasteiger partial charge on any atom is 0.274 e. The number of hydrogen-bond acceptors (Lipinski definition) is 6.